The van der Waals surface area contributed by atoms with Crippen molar-refractivity contribution in [1.82, 2.24) is 10.4 Å². The lowest BCUT2D eigenvalue weighted by Gasteiger charge is -2.21. The topological polar surface area (TPSA) is 75.7 Å². The van der Waals surface area contributed by atoms with Crippen LogP contribution in [0.4, 0.5) is 0 Å². The summed E-state index contributed by atoms with van der Waals surface area (Å²) in [5.74, 6) is -0.295. The molecular formula is C19H22N2O4. The first-order valence-corrected chi connectivity index (χ1v) is 8.87. The molecule has 25 heavy (non-hydrogen) atoms. The first-order valence-electron chi connectivity index (χ1n) is 8.87. The van der Waals surface area contributed by atoms with Gasteiger partial charge in [-0.3, -0.25) is 19.8 Å². The normalized spacial score (nSPS) is 31.2. The number of carbonyl (C=O) groups is 3. The largest absolute Gasteiger partial charge is 0.481 e. The molecule has 2 bridgehead atoms. The summed E-state index contributed by atoms with van der Waals surface area (Å²) < 4.78 is 5.60. The van der Waals surface area contributed by atoms with Crippen LogP contribution in [0.15, 0.2) is 24.3 Å². The number of fused-ring (bicyclic) bond motifs is 5. The molecule has 1 aliphatic heterocycles. The average Bonchev–Trinajstić information content (AvgIpc) is 3.26. The number of rotatable bonds is 4. The summed E-state index contributed by atoms with van der Waals surface area (Å²) in [6.45, 7) is 3.57. The number of ether oxygens (including phenoxy) is 1. The van der Waals surface area contributed by atoms with Crippen LogP contribution in [-0.2, 0) is 14.4 Å². The fraction of sp³-hybridized carbons (Fsp3) is 0.526. The summed E-state index contributed by atoms with van der Waals surface area (Å²) in [7, 11) is 0. The molecule has 1 heterocycles. The molecule has 6 nitrogen and oxygen atoms in total. The van der Waals surface area contributed by atoms with E-state index in [-0.39, 0.29) is 23.7 Å². The number of nitrogens with zero attached hydrogens (tertiary/aromatic N) is 1. The predicted molar refractivity (Wildman–Crippen MR) is 89.1 cm³/mol. The molecule has 1 N–H and O–H groups in total. The molecule has 0 spiro atoms. The Bertz CT molecular complexity index is 701. The molecule has 2 aliphatic carbocycles. The minimum absolute atomic E-state index is 0.236. The molecule has 0 radical (unpaired) electrons. The zero-order chi connectivity index (χ0) is 17.7. The van der Waals surface area contributed by atoms with Crippen molar-refractivity contribution in [2.45, 2.75) is 39.2 Å². The van der Waals surface area contributed by atoms with Gasteiger partial charge >= 0.3 is 0 Å². The van der Waals surface area contributed by atoms with Crippen LogP contribution in [0.25, 0.3) is 0 Å². The molecular weight excluding hydrogens is 320 g/mol. The number of amides is 3. The van der Waals surface area contributed by atoms with Gasteiger partial charge in [-0.15, -0.1) is 0 Å². The van der Waals surface area contributed by atoms with Gasteiger partial charge in [-0.05, 0) is 57.1 Å². The second kappa shape index (κ2) is 5.86. The summed E-state index contributed by atoms with van der Waals surface area (Å²) in [5.41, 5.74) is 3.57. The van der Waals surface area contributed by atoms with Gasteiger partial charge in [-0.25, -0.2) is 0 Å². The van der Waals surface area contributed by atoms with Gasteiger partial charge in [0.05, 0.1) is 11.8 Å². The third-order valence-electron chi connectivity index (χ3n) is 5.85. The van der Waals surface area contributed by atoms with Crippen LogP contribution in [0.2, 0.25) is 0 Å². The number of benzene rings is 1. The lowest BCUT2D eigenvalue weighted by molar-refractivity contribution is -0.151. The fourth-order valence-electron chi connectivity index (χ4n) is 4.59. The Kier molecular flexibility index (Phi) is 3.78. The third-order valence-corrected chi connectivity index (χ3v) is 5.85. The molecule has 2 saturated carbocycles. The second-order valence-electron chi connectivity index (χ2n) is 7.45. The van der Waals surface area contributed by atoms with Gasteiger partial charge in [-0.1, -0.05) is 17.7 Å². The smallest absolute Gasteiger partial charge is 0.279 e. The van der Waals surface area contributed by atoms with E-state index in [0.717, 1.165) is 29.8 Å². The van der Waals surface area contributed by atoms with E-state index in [1.807, 2.05) is 19.1 Å². The van der Waals surface area contributed by atoms with Crippen LogP contribution < -0.4 is 10.2 Å². The van der Waals surface area contributed by atoms with Crippen molar-refractivity contribution in [1.29, 1.82) is 0 Å². The van der Waals surface area contributed by atoms with Gasteiger partial charge in [0.15, 0.2) is 6.10 Å². The molecule has 4 rings (SSSR count). The van der Waals surface area contributed by atoms with E-state index >= 15 is 0 Å². The SMILES string of the molecule is Cc1ccc(O[C@@H](C)C(=O)NN2C(=O)[C@H]3[C@@H]4CC[C@@H](C4)[C@@H]3C2=O)cc1. The maximum absolute atomic E-state index is 12.6. The summed E-state index contributed by atoms with van der Waals surface area (Å²) in [5, 5.41) is 0.942. The van der Waals surface area contributed by atoms with Crippen molar-refractivity contribution in [3.05, 3.63) is 29.8 Å². The number of hydrazine groups is 1. The van der Waals surface area contributed by atoms with Gasteiger partial charge in [-0.2, -0.15) is 5.01 Å². The van der Waals surface area contributed by atoms with Crippen LogP contribution in [0.5, 0.6) is 5.75 Å². The minimum atomic E-state index is -0.805. The van der Waals surface area contributed by atoms with Gasteiger partial charge in [0, 0.05) is 0 Å². The van der Waals surface area contributed by atoms with Gasteiger partial charge < -0.3 is 4.74 Å². The monoisotopic (exact) mass is 342 g/mol. The molecule has 3 fully saturated rings. The van der Waals surface area contributed by atoms with Crippen molar-refractivity contribution in [2.75, 3.05) is 0 Å². The highest BCUT2D eigenvalue weighted by molar-refractivity contribution is 6.07. The Morgan fingerprint density at radius 3 is 2.24 bits per heavy atom. The standard InChI is InChI=1S/C19H22N2O4/c1-10-3-7-14(8-4-10)25-11(2)17(22)20-21-18(23)15-12-5-6-13(9-12)16(15)19(21)24/h3-4,7-8,11-13,15-16H,5-6,9H2,1-2H3,(H,20,22)/t11-,12-,13+,15-,16-/m0/s1. The molecule has 5 atom stereocenters. The predicted octanol–water partition coefficient (Wildman–Crippen LogP) is 1.82. The molecule has 1 aromatic carbocycles. The van der Waals surface area contributed by atoms with Crippen molar-refractivity contribution in [2.24, 2.45) is 23.7 Å². The van der Waals surface area contributed by atoms with Crippen molar-refractivity contribution >= 4 is 17.7 Å². The Hall–Kier alpha value is -2.37. The summed E-state index contributed by atoms with van der Waals surface area (Å²) in [6.07, 6.45) is 2.20. The van der Waals surface area contributed by atoms with Gasteiger partial charge in [0.1, 0.15) is 5.75 Å². The number of nitrogens with one attached hydrogen (secondary N) is 1. The molecule has 1 saturated heterocycles. The highest BCUT2D eigenvalue weighted by atomic mass is 16.5. The zero-order valence-corrected chi connectivity index (χ0v) is 14.4. The Labute approximate surface area is 146 Å². The molecule has 0 unspecified atom stereocenters. The lowest BCUT2D eigenvalue weighted by Crippen LogP contribution is -2.51. The Balaban J connectivity index is 1.41. The summed E-state index contributed by atoms with van der Waals surface area (Å²) in [6, 6.07) is 7.36. The highest BCUT2D eigenvalue weighted by Crippen LogP contribution is 2.55. The van der Waals surface area contributed by atoms with E-state index in [0.29, 0.717) is 17.6 Å². The summed E-state index contributed by atoms with van der Waals surface area (Å²) >= 11 is 0. The molecule has 3 aliphatic rings. The zero-order valence-electron chi connectivity index (χ0n) is 14.4. The van der Waals surface area contributed by atoms with Crippen molar-refractivity contribution in [3.8, 4) is 5.75 Å². The molecule has 6 heteroatoms. The fourth-order valence-corrected chi connectivity index (χ4v) is 4.59. The van der Waals surface area contributed by atoms with E-state index < -0.39 is 12.0 Å². The van der Waals surface area contributed by atoms with Crippen LogP contribution in [-0.4, -0.2) is 28.8 Å². The Morgan fingerprint density at radius 1 is 1.12 bits per heavy atom. The van der Waals surface area contributed by atoms with Crippen molar-refractivity contribution < 1.29 is 19.1 Å². The molecule has 3 amide bonds. The molecule has 1 aromatic rings. The van der Waals surface area contributed by atoms with E-state index in [1.165, 1.54) is 0 Å². The van der Waals surface area contributed by atoms with E-state index in [4.69, 9.17) is 4.74 Å². The maximum atomic E-state index is 12.6. The van der Waals surface area contributed by atoms with E-state index in [2.05, 4.69) is 5.43 Å². The number of imide groups is 1. The molecule has 0 aromatic heterocycles. The van der Waals surface area contributed by atoms with Crippen molar-refractivity contribution in [3.63, 3.8) is 0 Å². The molecule has 132 valence electrons. The first-order chi connectivity index (χ1) is 12.0. The highest BCUT2D eigenvalue weighted by Gasteiger charge is 2.61. The van der Waals surface area contributed by atoms with Gasteiger partial charge in [0.25, 0.3) is 17.7 Å². The van der Waals surface area contributed by atoms with Crippen LogP contribution in [0.3, 0.4) is 0 Å². The Morgan fingerprint density at radius 2 is 1.68 bits per heavy atom. The third kappa shape index (κ3) is 2.60. The van der Waals surface area contributed by atoms with Crippen LogP contribution in [0, 0.1) is 30.6 Å². The average molecular weight is 342 g/mol. The number of hydrogen-bond acceptors (Lipinski definition) is 4. The van der Waals surface area contributed by atoms with Crippen LogP contribution in [0.1, 0.15) is 31.7 Å². The minimum Gasteiger partial charge on any atom is -0.481 e. The quantitative estimate of drug-likeness (QED) is 0.847. The van der Waals surface area contributed by atoms with E-state index in [1.54, 1.807) is 19.1 Å². The first kappa shape index (κ1) is 16.1. The van der Waals surface area contributed by atoms with Crippen LogP contribution >= 0.6 is 0 Å². The maximum Gasteiger partial charge on any atom is 0.279 e. The number of carbonyl (C=O) groups excluding carboxylic acids is 3. The van der Waals surface area contributed by atoms with Gasteiger partial charge in [0.2, 0.25) is 0 Å². The number of hydrogen-bond donors (Lipinski definition) is 1. The second-order valence-corrected chi connectivity index (χ2v) is 7.45. The number of aryl methyl sites for hydroxylation is 1. The van der Waals surface area contributed by atoms with E-state index in [9.17, 15) is 14.4 Å². The lowest BCUT2D eigenvalue weighted by atomic mass is 9.81. The summed E-state index contributed by atoms with van der Waals surface area (Å²) in [4.78, 5) is 37.6.